The fourth-order valence-electron chi connectivity index (χ4n) is 3.57. The van der Waals surface area contributed by atoms with Crippen molar-refractivity contribution in [3.8, 4) is 16.9 Å². The van der Waals surface area contributed by atoms with Crippen LogP contribution in [0.2, 0.25) is 0 Å². The molecule has 1 aromatic heterocycles. The van der Waals surface area contributed by atoms with E-state index in [-0.39, 0.29) is 24.0 Å². The maximum absolute atomic E-state index is 12.8. The maximum atomic E-state index is 12.8. The molecular formula is C22H21N3O3. The molecule has 1 aliphatic rings. The van der Waals surface area contributed by atoms with E-state index in [9.17, 15) is 9.59 Å². The van der Waals surface area contributed by atoms with Gasteiger partial charge in [0.1, 0.15) is 5.75 Å². The summed E-state index contributed by atoms with van der Waals surface area (Å²) >= 11 is 0. The molecule has 1 atom stereocenters. The Labute approximate surface area is 163 Å². The van der Waals surface area contributed by atoms with Gasteiger partial charge in [-0.05, 0) is 36.2 Å². The molecule has 4 rings (SSSR count). The van der Waals surface area contributed by atoms with Gasteiger partial charge in [0.2, 0.25) is 5.91 Å². The summed E-state index contributed by atoms with van der Waals surface area (Å²) in [4.78, 5) is 27.2. The predicted octanol–water partition coefficient (Wildman–Crippen LogP) is 3.71. The highest BCUT2D eigenvalue weighted by Crippen LogP contribution is 2.30. The van der Waals surface area contributed by atoms with Gasteiger partial charge in [-0.2, -0.15) is 5.10 Å². The van der Waals surface area contributed by atoms with Gasteiger partial charge in [0.05, 0.1) is 13.3 Å². The summed E-state index contributed by atoms with van der Waals surface area (Å²) in [6.45, 7) is 0.625. The van der Waals surface area contributed by atoms with Crippen LogP contribution in [0, 0.1) is 5.92 Å². The summed E-state index contributed by atoms with van der Waals surface area (Å²) in [5.74, 6) is 0.330. The number of carbonyl (C=O) groups is 2. The normalized spacial score (nSPS) is 16.4. The fourth-order valence-corrected chi connectivity index (χ4v) is 3.57. The van der Waals surface area contributed by atoms with E-state index < -0.39 is 0 Å². The van der Waals surface area contributed by atoms with Gasteiger partial charge < -0.3 is 9.64 Å². The minimum Gasteiger partial charge on any atom is -0.497 e. The molecule has 1 aliphatic heterocycles. The number of aromatic amines is 1. The lowest BCUT2D eigenvalue weighted by Crippen LogP contribution is -2.27. The molecule has 6 nitrogen and oxygen atoms in total. The number of hydrogen-bond acceptors (Lipinski definition) is 4. The van der Waals surface area contributed by atoms with Gasteiger partial charge in [-0.25, -0.2) is 0 Å². The Hall–Kier alpha value is -3.41. The molecule has 3 aromatic rings. The fraction of sp³-hybridized carbons (Fsp3) is 0.227. The van der Waals surface area contributed by atoms with Gasteiger partial charge in [-0.1, -0.05) is 24.3 Å². The molecule has 1 amide bonds. The second kappa shape index (κ2) is 7.68. The Morgan fingerprint density at radius 1 is 1.21 bits per heavy atom. The molecule has 0 saturated carbocycles. The average molecular weight is 375 g/mol. The molecular weight excluding hydrogens is 354 g/mol. The van der Waals surface area contributed by atoms with E-state index in [2.05, 4.69) is 10.2 Å². The van der Waals surface area contributed by atoms with Crippen molar-refractivity contribution in [3.05, 3.63) is 66.5 Å². The second-order valence-corrected chi connectivity index (χ2v) is 6.87. The molecule has 0 aliphatic carbocycles. The van der Waals surface area contributed by atoms with Crippen LogP contribution in [0.5, 0.6) is 5.75 Å². The van der Waals surface area contributed by atoms with Gasteiger partial charge in [-0.3, -0.25) is 14.7 Å². The number of rotatable bonds is 6. The van der Waals surface area contributed by atoms with Crippen molar-refractivity contribution in [2.75, 3.05) is 18.6 Å². The molecule has 0 radical (unpaired) electrons. The lowest BCUT2D eigenvalue weighted by Gasteiger charge is -2.17. The lowest BCUT2D eigenvalue weighted by atomic mass is 9.97. The minimum atomic E-state index is -0.285. The van der Waals surface area contributed by atoms with Gasteiger partial charge in [0.25, 0.3) is 0 Å². The van der Waals surface area contributed by atoms with Crippen LogP contribution in [0.4, 0.5) is 5.69 Å². The number of Topliss-reactive ketones (excluding diaryl/α,β-unsaturated/α-hetero) is 1. The third-order valence-electron chi connectivity index (χ3n) is 5.15. The number of carbonyl (C=O) groups excluding carboxylic acids is 2. The third-order valence-corrected chi connectivity index (χ3v) is 5.15. The summed E-state index contributed by atoms with van der Waals surface area (Å²) in [5.41, 5.74) is 3.47. The number of aromatic nitrogens is 2. The monoisotopic (exact) mass is 375 g/mol. The van der Waals surface area contributed by atoms with Crippen molar-refractivity contribution in [2.24, 2.45) is 5.92 Å². The number of amides is 1. The second-order valence-electron chi connectivity index (χ2n) is 6.87. The molecule has 0 spiro atoms. The van der Waals surface area contributed by atoms with E-state index in [0.717, 1.165) is 16.8 Å². The highest BCUT2D eigenvalue weighted by molar-refractivity contribution is 6.03. The number of benzene rings is 2. The highest BCUT2D eigenvalue weighted by atomic mass is 16.5. The number of nitrogens with zero attached hydrogens (tertiary/aromatic N) is 2. The Morgan fingerprint density at radius 2 is 2.04 bits per heavy atom. The van der Waals surface area contributed by atoms with E-state index in [4.69, 9.17) is 4.74 Å². The SMILES string of the molecule is COc1cccc(C(=O)CC2CCN(c3ccc(-c4cn[nH]c4)cc3)C2=O)c1. The van der Waals surface area contributed by atoms with Crippen molar-refractivity contribution in [3.63, 3.8) is 0 Å². The summed E-state index contributed by atoms with van der Waals surface area (Å²) in [6.07, 6.45) is 4.49. The molecule has 6 heteroatoms. The van der Waals surface area contributed by atoms with Gasteiger partial charge in [0, 0.05) is 41.9 Å². The number of ketones is 1. The van der Waals surface area contributed by atoms with Gasteiger partial charge >= 0.3 is 0 Å². The van der Waals surface area contributed by atoms with Crippen LogP contribution in [0.1, 0.15) is 23.2 Å². The van der Waals surface area contributed by atoms with Crippen LogP contribution in [0.3, 0.4) is 0 Å². The summed E-state index contributed by atoms with van der Waals surface area (Å²) in [5, 5.41) is 6.75. The molecule has 1 saturated heterocycles. The van der Waals surface area contributed by atoms with E-state index in [1.54, 1.807) is 42.5 Å². The number of H-pyrrole nitrogens is 1. The van der Waals surface area contributed by atoms with Gasteiger partial charge in [0.15, 0.2) is 5.78 Å². The molecule has 2 aromatic carbocycles. The van der Waals surface area contributed by atoms with Crippen molar-refractivity contribution < 1.29 is 14.3 Å². The van der Waals surface area contributed by atoms with Crippen LogP contribution in [0.25, 0.3) is 11.1 Å². The predicted molar refractivity (Wildman–Crippen MR) is 106 cm³/mol. The average Bonchev–Trinajstić information content (AvgIpc) is 3.39. The van der Waals surface area contributed by atoms with Crippen molar-refractivity contribution in [2.45, 2.75) is 12.8 Å². The Kier molecular flexibility index (Phi) is 4.93. The number of methoxy groups -OCH3 is 1. The molecule has 1 fully saturated rings. The molecule has 2 heterocycles. The van der Waals surface area contributed by atoms with Crippen LogP contribution >= 0.6 is 0 Å². The van der Waals surface area contributed by atoms with E-state index in [0.29, 0.717) is 24.3 Å². The van der Waals surface area contributed by atoms with Crippen molar-refractivity contribution in [1.82, 2.24) is 10.2 Å². The number of ether oxygens (including phenoxy) is 1. The minimum absolute atomic E-state index is 0.00677. The quantitative estimate of drug-likeness (QED) is 0.667. The first-order valence-corrected chi connectivity index (χ1v) is 9.23. The number of hydrogen-bond donors (Lipinski definition) is 1. The smallest absolute Gasteiger partial charge is 0.230 e. The summed E-state index contributed by atoms with van der Waals surface area (Å²) in [7, 11) is 1.57. The maximum Gasteiger partial charge on any atom is 0.230 e. The Morgan fingerprint density at radius 3 is 2.75 bits per heavy atom. The first-order valence-electron chi connectivity index (χ1n) is 9.23. The first kappa shape index (κ1) is 18.0. The molecule has 0 bridgehead atoms. The molecule has 1 N–H and O–H groups in total. The third kappa shape index (κ3) is 3.53. The van der Waals surface area contributed by atoms with Gasteiger partial charge in [-0.15, -0.1) is 0 Å². The molecule has 1 unspecified atom stereocenters. The van der Waals surface area contributed by atoms with Crippen LogP contribution < -0.4 is 9.64 Å². The zero-order chi connectivity index (χ0) is 19.5. The molecule has 28 heavy (non-hydrogen) atoms. The van der Waals surface area contributed by atoms with E-state index >= 15 is 0 Å². The lowest BCUT2D eigenvalue weighted by molar-refractivity contribution is -0.120. The van der Waals surface area contributed by atoms with E-state index in [1.807, 2.05) is 30.5 Å². The van der Waals surface area contributed by atoms with Crippen LogP contribution in [0.15, 0.2) is 60.9 Å². The zero-order valence-corrected chi connectivity index (χ0v) is 15.6. The topological polar surface area (TPSA) is 75.3 Å². The van der Waals surface area contributed by atoms with Crippen LogP contribution in [-0.4, -0.2) is 35.5 Å². The van der Waals surface area contributed by atoms with Crippen molar-refractivity contribution >= 4 is 17.4 Å². The summed E-state index contributed by atoms with van der Waals surface area (Å²) in [6, 6.07) is 14.9. The Bertz CT molecular complexity index is 981. The van der Waals surface area contributed by atoms with E-state index in [1.165, 1.54) is 0 Å². The first-order chi connectivity index (χ1) is 13.7. The van der Waals surface area contributed by atoms with Crippen LogP contribution in [-0.2, 0) is 4.79 Å². The zero-order valence-electron chi connectivity index (χ0n) is 15.6. The standard InChI is InChI=1S/C22H21N3O3/c1-28-20-4-2-3-16(11-20)21(26)12-17-9-10-25(22(17)27)19-7-5-15(6-8-19)18-13-23-24-14-18/h2-8,11,13-14,17H,9-10,12H2,1H3,(H,23,24). The number of nitrogens with one attached hydrogen (secondary N) is 1. The Balaban J connectivity index is 1.44. The summed E-state index contributed by atoms with van der Waals surface area (Å²) < 4.78 is 5.17. The highest BCUT2D eigenvalue weighted by Gasteiger charge is 2.34. The molecule has 142 valence electrons. The van der Waals surface area contributed by atoms with Crippen molar-refractivity contribution in [1.29, 1.82) is 0 Å². The largest absolute Gasteiger partial charge is 0.497 e. The number of anilines is 1.